The molecule has 2 aromatic rings. The number of hydrogen-bond donors (Lipinski definition) is 1. The van der Waals surface area contributed by atoms with E-state index in [2.05, 4.69) is 10.5 Å². The highest BCUT2D eigenvalue weighted by Crippen LogP contribution is 2.28. The zero-order chi connectivity index (χ0) is 22.1. The number of nitro groups is 1. The molecule has 0 unspecified atom stereocenters. The molecule has 0 radical (unpaired) electrons. The maximum Gasteiger partial charge on any atom is 0.273 e. The van der Waals surface area contributed by atoms with E-state index in [0.717, 1.165) is 11.9 Å². The van der Waals surface area contributed by atoms with Gasteiger partial charge in [-0.05, 0) is 32.0 Å². The van der Waals surface area contributed by atoms with E-state index >= 15 is 0 Å². The number of oxime groups is 1. The smallest absolute Gasteiger partial charge is 0.273 e. The Morgan fingerprint density at radius 3 is 2.53 bits per heavy atom. The molecule has 2 amide bonds. The number of carbonyl (C=O) groups excluding carboxylic acids is 2. The standard InChI is InChI=1S/C20H22N4O6/c1-14(2)23(15-7-5-4-6-8-15)20(26)13-30-21-12-19(25)22-17-10-9-16(24(27)28)11-18(17)29-3/h4-12,14H,13H2,1-3H3,(H,22,25)/b21-12-. The summed E-state index contributed by atoms with van der Waals surface area (Å²) in [6.45, 7) is 3.40. The molecular formula is C20H22N4O6. The van der Waals surface area contributed by atoms with Gasteiger partial charge < -0.3 is 19.8 Å². The van der Waals surface area contributed by atoms with Gasteiger partial charge in [-0.3, -0.25) is 19.7 Å². The largest absolute Gasteiger partial charge is 0.494 e. The van der Waals surface area contributed by atoms with Crippen molar-refractivity contribution in [3.63, 3.8) is 0 Å². The third kappa shape index (κ3) is 6.03. The molecule has 30 heavy (non-hydrogen) atoms. The van der Waals surface area contributed by atoms with Crippen molar-refractivity contribution < 1.29 is 24.1 Å². The number of rotatable bonds is 9. The summed E-state index contributed by atoms with van der Waals surface area (Å²) in [7, 11) is 1.32. The SMILES string of the molecule is COc1cc([N+](=O)[O-])ccc1NC(=O)/C=N\OCC(=O)N(c1ccccc1)C(C)C. The van der Waals surface area contributed by atoms with Crippen LogP contribution in [0.5, 0.6) is 5.75 Å². The van der Waals surface area contributed by atoms with E-state index in [0.29, 0.717) is 0 Å². The van der Waals surface area contributed by atoms with Gasteiger partial charge in [0.2, 0.25) is 0 Å². The molecule has 0 saturated heterocycles. The Morgan fingerprint density at radius 2 is 1.93 bits per heavy atom. The number of ether oxygens (including phenoxy) is 1. The summed E-state index contributed by atoms with van der Waals surface area (Å²) < 4.78 is 5.04. The number of benzene rings is 2. The van der Waals surface area contributed by atoms with Crippen LogP contribution in [-0.4, -0.2) is 42.7 Å². The molecule has 10 heteroatoms. The summed E-state index contributed by atoms with van der Waals surface area (Å²) in [4.78, 5) is 41.2. The van der Waals surface area contributed by atoms with Crippen molar-refractivity contribution in [3.8, 4) is 5.75 Å². The molecule has 0 heterocycles. The van der Waals surface area contributed by atoms with Crippen LogP contribution in [0.3, 0.4) is 0 Å². The molecule has 0 bridgehead atoms. The molecule has 0 spiro atoms. The highest BCUT2D eigenvalue weighted by molar-refractivity contribution is 6.31. The van der Waals surface area contributed by atoms with Crippen LogP contribution < -0.4 is 15.0 Å². The Kier molecular flexibility index (Phi) is 7.86. The highest BCUT2D eigenvalue weighted by Gasteiger charge is 2.19. The highest BCUT2D eigenvalue weighted by atomic mass is 16.6. The van der Waals surface area contributed by atoms with Crippen LogP contribution in [0.15, 0.2) is 53.7 Å². The lowest BCUT2D eigenvalue weighted by Gasteiger charge is -2.26. The maximum absolute atomic E-state index is 12.4. The van der Waals surface area contributed by atoms with E-state index in [9.17, 15) is 19.7 Å². The van der Waals surface area contributed by atoms with Crippen LogP contribution in [0.1, 0.15) is 13.8 Å². The first kappa shape index (κ1) is 22.3. The van der Waals surface area contributed by atoms with Gasteiger partial charge in [0.15, 0.2) is 6.61 Å². The number of anilines is 2. The molecule has 0 atom stereocenters. The average Bonchev–Trinajstić information content (AvgIpc) is 2.72. The van der Waals surface area contributed by atoms with E-state index in [1.165, 1.54) is 25.3 Å². The van der Waals surface area contributed by atoms with Crippen LogP contribution in [-0.2, 0) is 14.4 Å². The summed E-state index contributed by atoms with van der Waals surface area (Å²) in [5.41, 5.74) is 0.785. The molecule has 158 valence electrons. The second-order valence-electron chi connectivity index (χ2n) is 6.33. The molecular weight excluding hydrogens is 392 g/mol. The van der Waals surface area contributed by atoms with Crippen LogP contribution >= 0.6 is 0 Å². The molecule has 2 aromatic carbocycles. The van der Waals surface area contributed by atoms with Crippen LogP contribution in [0.4, 0.5) is 17.1 Å². The van der Waals surface area contributed by atoms with Crippen molar-refractivity contribution in [2.45, 2.75) is 19.9 Å². The molecule has 10 nitrogen and oxygen atoms in total. The van der Waals surface area contributed by atoms with Gasteiger partial charge in [0.1, 0.15) is 12.0 Å². The van der Waals surface area contributed by atoms with Crippen LogP contribution in [0.25, 0.3) is 0 Å². The molecule has 1 N–H and O–H groups in total. The van der Waals surface area contributed by atoms with Gasteiger partial charge in [0.05, 0.1) is 23.8 Å². The van der Waals surface area contributed by atoms with Gasteiger partial charge in [0, 0.05) is 17.8 Å². The molecule has 0 fully saturated rings. The van der Waals surface area contributed by atoms with Gasteiger partial charge in [-0.2, -0.15) is 0 Å². The van der Waals surface area contributed by atoms with Crippen molar-refractivity contribution in [1.29, 1.82) is 0 Å². The normalized spacial score (nSPS) is 10.7. The first-order chi connectivity index (χ1) is 14.3. The Bertz CT molecular complexity index is 930. The number of para-hydroxylation sites is 1. The zero-order valence-electron chi connectivity index (χ0n) is 16.8. The average molecular weight is 414 g/mol. The third-order valence-corrected chi connectivity index (χ3v) is 3.91. The minimum Gasteiger partial charge on any atom is -0.494 e. The summed E-state index contributed by atoms with van der Waals surface area (Å²) >= 11 is 0. The Labute approximate surface area is 173 Å². The lowest BCUT2D eigenvalue weighted by molar-refractivity contribution is -0.384. The minimum absolute atomic E-state index is 0.0922. The van der Waals surface area contributed by atoms with Gasteiger partial charge in [-0.1, -0.05) is 23.4 Å². The molecule has 0 aliphatic rings. The van der Waals surface area contributed by atoms with Gasteiger partial charge >= 0.3 is 0 Å². The van der Waals surface area contributed by atoms with E-state index < -0.39 is 10.8 Å². The van der Waals surface area contributed by atoms with E-state index in [1.54, 1.807) is 4.90 Å². The fourth-order valence-electron chi connectivity index (χ4n) is 2.63. The van der Waals surface area contributed by atoms with E-state index in [1.807, 2.05) is 44.2 Å². The van der Waals surface area contributed by atoms with Crippen molar-refractivity contribution in [2.24, 2.45) is 5.16 Å². The number of non-ortho nitro benzene ring substituents is 1. The van der Waals surface area contributed by atoms with Gasteiger partial charge in [-0.25, -0.2) is 0 Å². The first-order valence-electron chi connectivity index (χ1n) is 8.99. The van der Waals surface area contributed by atoms with Crippen molar-refractivity contribution in [3.05, 3.63) is 58.6 Å². The number of nitrogens with one attached hydrogen (secondary N) is 1. The monoisotopic (exact) mass is 414 g/mol. The third-order valence-electron chi connectivity index (χ3n) is 3.91. The lowest BCUT2D eigenvalue weighted by Crippen LogP contribution is -2.39. The topological polar surface area (TPSA) is 123 Å². The fourth-order valence-corrected chi connectivity index (χ4v) is 2.63. The molecule has 0 aliphatic carbocycles. The summed E-state index contributed by atoms with van der Waals surface area (Å²) in [6.07, 6.45) is 0.858. The molecule has 0 aromatic heterocycles. The van der Waals surface area contributed by atoms with Gasteiger partial charge in [-0.15, -0.1) is 0 Å². The van der Waals surface area contributed by atoms with E-state index in [4.69, 9.17) is 9.57 Å². The summed E-state index contributed by atoms with van der Waals surface area (Å²) in [5, 5.41) is 16.8. The molecule has 0 saturated carbocycles. The second kappa shape index (κ2) is 10.6. The number of hydrogen-bond acceptors (Lipinski definition) is 7. The first-order valence-corrected chi connectivity index (χ1v) is 8.99. The zero-order valence-corrected chi connectivity index (χ0v) is 16.8. The number of nitrogens with zero attached hydrogens (tertiary/aromatic N) is 3. The Hall–Kier alpha value is -3.95. The summed E-state index contributed by atoms with van der Waals surface area (Å²) in [6, 6.07) is 12.8. The van der Waals surface area contributed by atoms with E-state index in [-0.39, 0.29) is 35.7 Å². The lowest BCUT2D eigenvalue weighted by atomic mass is 10.2. The summed E-state index contributed by atoms with van der Waals surface area (Å²) in [5.74, 6) is -0.846. The van der Waals surface area contributed by atoms with Crippen LogP contribution in [0.2, 0.25) is 0 Å². The maximum atomic E-state index is 12.4. The quantitative estimate of drug-likeness (QED) is 0.382. The molecule has 0 aliphatic heterocycles. The van der Waals surface area contributed by atoms with Crippen molar-refractivity contribution in [2.75, 3.05) is 23.9 Å². The molecule has 2 rings (SSSR count). The van der Waals surface area contributed by atoms with Crippen LogP contribution in [0, 0.1) is 10.1 Å². The fraction of sp³-hybridized carbons (Fsp3) is 0.250. The van der Waals surface area contributed by atoms with Crippen molar-refractivity contribution >= 4 is 35.1 Å². The Morgan fingerprint density at radius 1 is 1.23 bits per heavy atom. The number of nitro benzene ring substituents is 1. The number of methoxy groups -OCH3 is 1. The number of carbonyl (C=O) groups is 2. The predicted octanol–water partition coefficient (Wildman–Crippen LogP) is 2.99. The number of amides is 2. The predicted molar refractivity (Wildman–Crippen MR) is 112 cm³/mol. The van der Waals surface area contributed by atoms with Gasteiger partial charge in [0.25, 0.3) is 17.5 Å². The van der Waals surface area contributed by atoms with Crippen molar-refractivity contribution in [1.82, 2.24) is 0 Å². The minimum atomic E-state index is -0.654. The Balaban J connectivity index is 1.93. The second-order valence-corrected chi connectivity index (χ2v) is 6.33.